The van der Waals surface area contributed by atoms with Crippen LogP contribution in [0.3, 0.4) is 0 Å². The van der Waals surface area contributed by atoms with Crippen LogP contribution in [0.4, 0.5) is 13.2 Å². The number of rotatable bonds is 6. The van der Waals surface area contributed by atoms with E-state index in [1.54, 1.807) is 0 Å². The van der Waals surface area contributed by atoms with Crippen LogP contribution in [-0.2, 0) is 11.3 Å². The van der Waals surface area contributed by atoms with Crippen LogP contribution in [-0.4, -0.2) is 24.4 Å². The maximum Gasteiger partial charge on any atom is 0.573 e. The van der Waals surface area contributed by atoms with Crippen LogP contribution in [0.25, 0.3) is 0 Å². The van der Waals surface area contributed by atoms with Gasteiger partial charge in [0.15, 0.2) is 0 Å². The van der Waals surface area contributed by atoms with Crippen LogP contribution in [0.5, 0.6) is 5.75 Å². The zero-order valence-corrected chi connectivity index (χ0v) is 12.7. The van der Waals surface area contributed by atoms with E-state index in [0.717, 1.165) is 19.3 Å². The molecule has 1 aliphatic heterocycles. The van der Waals surface area contributed by atoms with Gasteiger partial charge in [0, 0.05) is 12.6 Å². The molecule has 1 fully saturated rings. The summed E-state index contributed by atoms with van der Waals surface area (Å²) >= 11 is 0. The van der Waals surface area contributed by atoms with Crippen LogP contribution >= 0.6 is 0 Å². The highest BCUT2D eigenvalue weighted by molar-refractivity contribution is 5.82. The van der Waals surface area contributed by atoms with Gasteiger partial charge in [0.1, 0.15) is 11.8 Å². The highest BCUT2D eigenvalue weighted by Crippen LogP contribution is 2.22. The second-order valence-corrected chi connectivity index (χ2v) is 5.47. The van der Waals surface area contributed by atoms with E-state index in [2.05, 4.69) is 27.8 Å². The molecule has 5 nitrogen and oxygen atoms in total. The van der Waals surface area contributed by atoms with Crippen molar-refractivity contribution >= 4 is 5.91 Å². The van der Waals surface area contributed by atoms with Gasteiger partial charge in [-0.25, -0.2) is 5.43 Å². The van der Waals surface area contributed by atoms with Gasteiger partial charge in [-0.05, 0) is 30.5 Å². The number of alkyl halides is 3. The first-order valence-electron chi connectivity index (χ1n) is 7.51. The summed E-state index contributed by atoms with van der Waals surface area (Å²) in [5, 5.41) is 2.77. The molecule has 2 rings (SSSR count). The summed E-state index contributed by atoms with van der Waals surface area (Å²) in [4.78, 5) is 12.0. The predicted octanol–water partition coefficient (Wildman–Crippen LogP) is 2.24. The molecule has 0 saturated carbocycles. The minimum atomic E-state index is -4.70. The summed E-state index contributed by atoms with van der Waals surface area (Å²) in [5.41, 5.74) is 6.74. The summed E-state index contributed by atoms with van der Waals surface area (Å²) in [7, 11) is 0. The zero-order chi connectivity index (χ0) is 16.9. The molecule has 1 heterocycles. The fourth-order valence-corrected chi connectivity index (χ4v) is 2.45. The van der Waals surface area contributed by atoms with E-state index in [9.17, 15) is 18.0 Å². The van der Waals surface area contributed by atoms with Crippen molar-refractivity contribution in [1.29, 1.82) is 0 Å². The van der Waals surface area contributed by atoms with Gasteiger partial charge in [0.2, 0.25) is 5.91 Å². The topological polar surface area (TPSA) is 62.4 Å². The van der Waals surface area contributed by atoms with E-state index >= 15 is 0 Å². The molecule has 0 radical (unpaired) electrons. The van der Waals surface area contributed by atoms with Crippen LogP contribution in [0, 0.1) is 0 Å². The average molecular weight is 331 g/mol. The highest BCUT2D eigenvalue weighted by atomic mass is 19.4. The van der Waals surface area contributed by atoms with E-state index in [1.165, 1.54) is 24.3 Å². The summed E-state index contributed by atoms with van der Waals surface area (Å²) in [6.07, 6.45) is -1.94. The second kappa shape index (κ2) is 7.65. The lowest BCUT2D eigenvalue weighted by Gasteiger charge is -2.12. The summed E-state index contributed by atoms with van der Waals surface area (Å²) in [5.74, 6) is -0.414. The number of carbonyl (C=O) groups excluding carboxylic acids is 1. The quantitative estimate of drug-likeness (QED) is 0.748. The molecule has 1 saturated heterocycles. The molecule has 23 heavy (non-hydrogen) atoms. The number of benzene rings is 1. The van der Waals surface area contributed by atoms with Crippen molar-refractivity contribution in [3.8, 4) is 5.75 Å². The highest BCUT2D eigenvalue weighted by Gasteiger charge is 2.31. The minimum absolute atomic E-state index is 0.133. The normalized spacial score (nSPS) is 21.2. The monoisotopic (exact) mass is 331 g/mol. The third-order valence-corrected chi connectivity index (χ3v) is 3.56. The molecule has 8 heteroatoms. The lowest BCUT2D eigenvalue weighted by Crippen LogP contribution is -2.43. The molecule has 1 aliphatic rings. The first-order valence-corrected chi connectivity index (χ1v) is 7.51. The van der Waals surface area contributed by atoms with Crippen LogP contribution < -0.4 is 20.9 Å². The van der Waals surface area contributed by atoms with E-state index in [-0.39, 0.29) is 30.3 Å². The van der Waals surface area contributed by atoms with E-state index < -0.39 is 6.36 Å². The number of hydrogen-bond donors (Lipinski definition) is 3. The Bertz CT molecular complexity index is 520. The van der Waals surface area contributed by atoms with Crippen molar-refractivity contribution < 1.29 is 22.7 Å². The number of nitrogens with one attached hydrogen (secondary N) is 3. The van der Waals surface area contributed by atoms with Crippen molar-refractivity contribution in [1.82, 2.24) is 16.2 Å². The van der Waals surface area contributed by atoms with Crippen LogP contribution in [0.15, 0.2) is 24.3 Å². The van der Waals surface area contributed by atoms with Gasteiger partial charge in [-0.15, -0.1) is 13.2 Å². The summed E-state index contributed by atoms with van der Waals surface area (Å²) in [6, 6.07) is 5.42. The molecule has 1 amide bonds. The van der Waals surface area contributed by atoms with Gasteiger partial charge < -0.3 is 10.1 Å². The fraction of sp³-hybridized carbons (Fsp3) is 0.533. The SMILES string of the molecule is CCCC1CC(C(=O)NCc2ccc(OC(F)(F)F)cc2)NN1. The number of carbonyl (C=O) groups is 1. The van der Waals surface area contributed by atoms with E-state index in [1.807, 2.05) is 0 Å². The maximum absolute atomic E-state index is 12.1. The molecule has 0 aromatic heterocycles. The van der Waals surface area contributed by atoms with Gasteiger partial charge in [-0.3, -0.25) is 10.2 Å². The van der Waals surface area contributed by atoms with Gasteiger partial charge in [0.05, 0.1) is 0 Å². The third-order valence-electron chi connectivity index (χ3n) is 3.56. The second-order valence-electron chi connectivity index (χ2n) is 5.47. The number of halogens is 3. The lowest BCUT2D eigenvalue weighted by atomic mass is 10.1. The van der Waals surface area contributed by atoms with Crippen molar-refractivity contribution in [2.24, 2.45) is 0 Å². The van der Waals surface area contributed by atoms with Crippen molar-refractivity contribution in [3.63, 3.8) is 0 Å². The largest absolute Gasteiger partial charge is 0.573 e. The Morgan fingerprint density at radius 3 is 2.61 bits per heavy atom. The molecular formula is C15H20F3N3O2. The average Bonchev–Trinajstić information content (AvgIpc) is 2.94. The first kappa shape index (κ1) is 17.6. The fourth-order valence-electron chi connectivity index (χ4n) is 2.45. The Kier molecular flexibility index (Phi) is 5.84. The third kappa shape index (κ3) is 5.72. The Morgan fingerprint density at radius 1 is 1.30 bits per heavy atom. The molecule has 2 unspecified atom stereocenters. The molecule has 128 valence electrons. The predicted molar refractivity (Wildman–Crippen MR) is 78.3 cm³/mol. The molecule has 1 aromatic rings. The standard InChI is InChI=1S/C15H20F3N3O2/c1-2-3-11-8-13(21-20-11)14(22)19-9-10-4-6-12(7-5-10)23-15(16,17)18/h4-7,11,13,20-21H,2-3,8-9H2,1H3,(H,19,22). The number of ether oxygens (including phenoxy) is 1. The Morgan fingerprint density at radius 2 is 2.00 bits per heavy atom. The van der Waals surface area contributed by atoms with Gasteiger partial charge >= 0.3 is 6.36 Å². The molecule has 1 aromatic carbocycles. The first-order chi connectivity index (χ1) is 10.9. The van der Waals surface area contributed by atoms with E-state index in [0.29, 0.717) is 5.56 Å². The summed E-state index contributed by atoms with van der Waals surface area (Å²) in [6.45, 7) is 2.34. The van der Waals surface area contributed by atoms with Crippen molar-refractivity contribution in [2.45, 2.75) is 51.2 Å². The molecular weight excluding hydrogens is 311 g/mol. The lowest BCUT2D eigenvalue weighted by molar-refractivity contribution is -0.274. The molecule has 0 bridgehead atoms. The van der Waals surface area contributed by atoms with Gasteiger partial charge in [0.25, 0.3) is 0 Å². The number of amides is 1. The number of hydrogen-bond acceptors (Lipinski definition) is 4. The Labute approximate surface area is 132 Å². The zero-order valence-electron chi connectivity index (χ0n) is 12.7. The molecule has 2 atom stereocenters. The molecule has 3 N–H and O–H groups in total. The van der Waals surface area contributed by atoms with Crippen molar-refractivity contribution in [2.75, 3.05) is 0 Å². The van der Waals surface area contributed by atoms with Crippen molar-refractivity contribution in [3.05, 3.63) is 29.8 Å². The van der Waals surface area contributed by atoms with Crippen LogP contribution in [0.1, 0.15) is 31.7 Å². The number of hydrazine groups is 1. The molecule has 0 aliphatic carbocycles. The Hall–Kier alpha value is -1.80. The minimum Gasteiger partial charge on any atom is -0.406 e. The summed E-state index contributed by atoms with van der Waals surface area (Å²) < 4.78 is 40.0. The maximum atomic E-state index is 12.1. The Balaban J connectivity index is 1.78. The smallest absolute Gasteiger partial charge is 0.406 e. The van der Waals surface area contributed by atoms with Gasteiger partial charge in [-0.1, -0.05) is 25.5 Å². The van der Waals surface area contributed by atoms with E-state index in [4.69, 9.17) is 0 Å². The molecule has 0 spiro atoms. The van der Waals surface area contributed by atoms with Gasteiger partial charge in [-0.2, -0.15) is 0 Å². The van der Waals surface area contributed by atoms with Crippen LogP contribution in [0.2, 0.25) is 0 Å².